The Bertz CT molecular complexity index is 461. The summed E-state index contributed by atoms with van der Waals surface area (Å²) in [5, 5.41) is 11.4. The summed E-state index contributed by atoms with van der Waals surface area (Å²) in [6, 6.07) is 4.47. The van der Waals surface area contributed by atoms with Gasteiger partial charge in [-0.1, -0.05) is 11.2 Å². The van der Waals surface area contributed by atoms with E-state index in [1.54, 1.807) is 0 Å². The van der Waals surface area contributed by atoms with Crippen LogP contribution in [-0.2, 0) is 11.3 Å². The average molecular weight is 278 g/mol. The highest BCUT2D eigenvalue weighted by molar-refractivity contribution is 5.99. The summed E-state index contributed by atoms with van der Waals surface area (Å²) in [6.45, 7) is -1.58. The van der Waals surface area contributed by atoms with Gasteiger partial charge in [0.15, 0.2) is 5.84 Å². The number of hydrogen-bond donors (Lipinski definition) is 2. The first-order valence-corrected chi connectivity index (χ1v) is 5.16. The molecule has 8 heteroatoms. The van der Waals surface area contributed by atoms with Crippen LogP contribution < -0.4 is 10.5 Å². The van der Waals surface area contributed by atoms with Crippen molar-refractivity contribution in [1.29, 1.82) is 0 Å². The zero-order chi connectivity index (χ0) is 14.5. The number of benzene rings is 1. The van der Waals surface area contributed by atoms with Crippen LogP contribution in [0.1, 0.15) is 11.1 Å². The van der Waals surface area contributed by atoms with Gasteiger partial charge >= 0.3 is 6.18 Å². The maximum absolute atomic E-state index is 11.9. The molecule has 0 saturated carbocycles. The first kappa shape index (κ1) is 15.1. The Morgan fingerprint density at radius 3 is 2.63 bits per heavy atom. The Labute approximate surface area is 107 Å². The van der Waals surface area contributed by atoms with Gasteiger partial charge < -0.3 is 20.4 Å². The van der Waals surface area contributed by atoms with Gasteiger partial charge in [-0.25, -0.2) is 0 Å². The van der Waals surface area contributed by atoms with Crippen molar-refractivity contribution in [2.24, 2.45) is 10.9 Å². The molecule has 0 aliphatic heterocycles. The molecule has 0 aromatic heterocycles. The molecule has 0 aliphatic carbocycles. The van der Waals surface area contributed by atoms with E-state index in [1.807, 2.05) is 0 Å². The van der Waals surface area contributed by atoms with E-state index in [0.717, 1.165) is 0 Å². The number of hydrogen-bond acceptors (Lipinski definition) is 4. The normalized spacial score (nSPS) is 12.5. The third kappa shape index (κ3) is 4.66. The maximum atomic E-state index is 11.9. The molecule has 106 valence electrons. The van der Waals surface area contributed by atoms with Crippen molar-refractivity contribution in [2.45, 2.75) is 12.8 Å². The molecule has 0 spiro atoms. The number of alkyl halides is 3. The number of oxime groups is 1. The van der Waals surface area contributed by atoms with Crippen molar-refractivity contribution >= 4 is 5.84 Å². The van der Waals surface area contributed by atoms with Crippen LogP contribution in [0.4, 0.5) is 13.2 Å². The van der Waals surface area contributed by atoms with Gasteiger partial charge in [0.2, 0.25) is 0 Å². The quantitative estimate of drug-likeness (QED) is 0.373. The highest BCUT2D eigenvalue weighted by Gasteiger charge is 2.27. The fraction of sp³-hybridized carbons (Fsp3) is 0.364. The number of amidine groups is 1. The van der Waals surface area contributed by atoms with Gasteiger partial charge in [0.1, 0.15) is 12.4 Å². The van der Waals surface area contributed by atoms with Gasteiger partial charge in [-0.05, 0) is 17.7 Å². The molecule has 3 N–H and O–H groups in total. The minimum Gasteiger partial charge on any atom is -0.496 e. The molecule has 0 radical (unpaired) electrons. The van der Waals surface area contributed by atoms with Gasteiger partial charge in [0.25, 0.3) is 0 Å². The molecule has 1 rings (SSSR count). The fourth-order valence-electron chi connectivity index (χ4n) is 1.38. The van der Waals surface area contributed by atoms with Gasteiger partial charge in [-0.15, -0.1) is 0 Å². The van der Waals surface area contributed by atoms with Crippen molar-refractivity contribution in [2.75, 3.05) is 13.7 Å². The Balaban J connectivity index is 2.81. The molecule has 0 fully saturated rings. The van der Waals surface area contributed by atoms with Gasteiger partial charge in [-0.2, -0.15) is 13.2 Å². The molecule has 5 nitrogen and oxygen atoms in total. The van der Waals surface area contributed by atoms with E-state index < -0.39 is 12.8 Å². The lowest BCUT2D eigenvalue weighted by atomic mass is 10.1. The Morgan fingerprint density at radius 2 is 2.11 bits per heavy atom. The maximum Gasteiger partial charge on any atom is 0.411 e. The van der Waals surface area contributed by atoms with Gasteiger partial charge in [0.05, 0.1) is 19.3 Å². The van der Waals surface area contributed by atoms with Crippen molar-refractivity contribution < 1.29 is 27.9 Å². The number of nitrogens with two attached hydrogens (primary N) is 1. The van der Waals surface area contributed by atoms with Gasteiger partial charge in [-0.3, -0.25) is 0 Å². The number of ether oxygens (including phenoxy) is 2. The second-order valence-corrected chi connectivity index (χ2v) is 3.63. The fourth-order valence-corrected chi connectivity index (χ4v) is 1.38. The summed E-state index contributed by atoms with van der Waals surface area (Å²) in [6.07, 6.45) is -4.37. The second-order valence-electron chi connectivity index (χ2n) is 3.63. The van der Waals surface area contributed by atoms with E-state index in [9.17, 15) is 13.2 Å². The van der Waals surface area contributed by atoms with Crippen molar-refractivity contribution in [3.05, 3.63) is 29.3 Å². The number of rotatable bonds is 5. The predicted octanol–water partition coefficient (Wildman–Crippen LogP) is 1.87. The highest BCUT2D eigenvalue weighted by atomic mass is 19.4. The third-order valence-electron chi connectivity index (χ3n) is 2.18. The molecule has 0 atom stereocenters. The lowest BCUT2D eigenvalue weighted by molar-refractivity contribution is -0.176. The monoisotopic (exact) mass is 278 g/mol. The molecule has 0 amide bonds. The first-order valence-electron chi connectivity index (χ1n) is 5.16. The molecule has 0 bridgehead atoms. The summed E-state index contributed by atoms with van der Waals surface area (Å²) < 4.78 is 45.3. The molecule has 0 heterocycles. The molecule has 0 saturated heterocycles. The summed E-state index contributed by atoms with van der Waals surface area (Å²) in [5.41, 5.74) is 6.16. The number of nitrogens with zero attached hydrogens (tertiary/aromatic N) is 1. The third-order valence-corrected chi connectivity index (χ3v) is 2.18. The molecular formula is C11H13F3N2O3. The number of halogens is 3. The van der Waals surface area contributed by atoms with E-state index in [1.165, 1.54) is 25.3 Å². The SMILES string of the molecule is COc1ccc(COCC(F)(F)F)cc1C(N)=NO. The standard InChI is InChI=1S/C11H13F3N2O3/c1-18-9-3-2-7(4-8(9)10(15)16-17)5-19-6-11(12,13)14/h2-4,17H,5-6H2,1H3,(H2,15,16). The minimum absolute atomic E-state index is 0.200. The summed E-state index contributed by atoms with van der Waals surface area (Å²) in [7, 11) is 1.39. The van der Waals surface area contributed by atoms with E-state index in [4.69, 9.17) is 15.7 Å². The molecule has 19 heavy (non-hydrogen) atoms. The smallest absolute Gasteiger partial charge is 0.411 e. The lowest BCUT2D eigenvalue weighted by Gasteiger charge is -2.11. The largest absolute Gasteiger partial charge is 0.496 e. The van der Waals surface area contributed by atoms with Crippen LogP contribution in [0.15, 0.2) is 23.4 Å². The van der Waals surface area contributed by atoms with Crippen LogP contribution in [0, 0.1) is 0 Å². The molecule has 1 aromatic carbocycles. The highest BCUT2D eigenvalue weighted by Crippen LogP contribution is 2.21. The second kappa shape index (κ2) is 6.28. The number of methoxy groups -OCH3 is 1. The van der Waals surface area contributed by atoms with E-state index in [0.29, 0.717) is 11.3 Å². The minimum atomic E-state index is -4.37. The van der Waals surface area contributed by atoms with Gasteiger partial charge in [0, 0.05) is 0 Å². The lowest BCUT2D eigenvalue weighted by Crippen LogP contribution is -2.17. The molecule has 0 aliphatic rings. The van der Waals surface area contributed by atoms with Crippen LogP contribution in [0.5, 0.6) is 5.75 Å². The Kier molecular flexibility index (Phi) is 4.99. The zero-order valence-electron chi connectivity index (χ0n) is 10.1. The summed E-state index contributed by atoms with van der Waals surface area (Å²) in [5.74, 6) is 0.143. The average Bonchev–Trinajstić information content (AvgIpc) is 2.36. The van der Waals surface area contributed by atoms with Crippen LogP contribution in [0.25, 0.3) is 0 Å². The molecular weight excluding hydrogens is 265 g/mol. The Hall–Kier alpha value is -1.96. The van der Waals surface area contributed by atoms with E-state index in [2.05, 4.69) is 9.89 Å². The summed E-state index contributed by atoms with van der Waals surface area (Å²) >= 11 is 0. The predicted molar refractivity (Wildman–Crippen MR) is 61.2 cm³/mol. The van der Waals surface area contributed by atoms with Crippen LogP contribution in [0.2, 0.25) is 0 Å². The van der Waals surface area contributed by atoms with Crippen LogP contribution in [0.3, 0.4) is 0 Å². The zero-order valence-corrected chi connectivity index (χ0v) is 10.1. The van der Waals surface area contributed by atoms with Crippen molar-refractivity contribution in [3.8, 4) is 5.75 Å². The summed E-state index contributed by atoms with van der Waals surface area (Å²) in [4.78, 5) is 0. The topological polar surface area (TPSA) is 77.1 Å². The Morgan fingerprint density at radius 1 is 1.42 bits per heavy atom. The molecule has 1 aromatic rings. The van der Waals surface area contributed by atoms with Crippen molar-refractivity contribution in [3.63, 3.8) is 0 Å². The van der Waals surface area contributed by atoms with Crippen molar-refractivity contribution in [1.82, 2.24) is 0 Å². The van der Waals surface area contributed by atoms with Crippen LogP contribution in [-0.4, -0.2) is 30.9 Å². The van der Waals surface area contributed by atoms with Crippen LogP contribution >= 0.6 is 0 Å². The van der Waals surface area contributed by atoms with E-state index in [-0.39, 0.29) is 18.0 Å². The first-order chi connectivity index (χ1) is 8.87. The molecule has 0 unspecified atom stereocenters. The van der Waals surface area contributed by atoms with E-state index >= 15 is 0 Å².